The monoisotopic (exact) mass is 618 g/mol. The average Bonchev–Trinajstić information content (AvgIpc) is 3.44. The molecule has 1 N–H and O–H groups in total. The first-order chi connectivity index (χ1) is 17.3. The Balaban J connectivity index is 1.47. The van der Waals surface area contributed by atoms with Gasteiger partial charge in [0, 0.05) is 14.5 Å². The van der Waals surface area contributed by atoms with Crippen LogP contribution in [0.15, 0.2) is 67.6 Å². The maximum Gasteiger partial charge on any atom is 0.373 e. The molecule has 36 heavy (non-hydrogen) atoms. The van der Waals surface area contributed by atoms with Crippen LogP contribution in [0, 0.1) is 0 Å². The van der Waals surface area contributed by atoms with Crippen molar-refractivity contribution in [2.24, 2.45) is 0 Å². The van der Waals surface area contributed by atoms with E-state index in [1.807, 2.05) is 18.2 Å². The number of carbonyl (C=O) groups excluding carboxylic acids is 3. The molecule has 11 heteroatoms. The van der Waals surface area contributed by atoms with Gasteiger partial charge >= 0.3 is 12.0 Å². The summed E-state index contributed by atoms with van der Waals surface area (Å²) < 4.78 is 23.2. The van der Waals surface area contributed by atoms with Gasteiger partial charge < -0.3 is 23.9 Å². The van der Waals surface area contributed by atoms with Crippen LogP contribution in [0.2, 0.25) is 0 Å². The van der Waals surface area contributed by atoms with Crippen LogP contribution in [0.4, 0.5) is 4.79 Å². The highest BCUT2D eigenvalue weighted by Gasteiger charge is 2.34. The number of halogens is 2. The standard InChI is InChI=1S/C25H20Br2N2O7/c1-33-22-10-14(3-7-20(22)35-13-15-4-5-16(26)11-18(15)27)9-19-23(30)29(25(32)28-19)12-17-6-8-21(36-17)24(31)34-2/h3-11H,12-13H2,1-2H3,(H,28,32)/b19-9-. The van der Waals surface area contributed by atoms with Crippen LogP contribution in [0.3, 0.4) is 0 Å². The molecule has 0 unspecified atom stereocenters. The Morgan fingerprint density at radius 2 is 1.86 bits per heavy atom. The molecule has 2 aromatic carbocycles. The average molecular weight is 620 g/mol. The van der Waals surface area contributed by atoms with Crippen LogP contribution in [0.1, 0.15) is 27.4 Å². The van der Waals surface area contributed by atoms with E-state index in [4.69, 9.17) is 13.9 Å². The predicted octanol–water partition coefficient (Wildman–Crippen LogP) is 5.27. The van der Waals surface area contributed by atoms with Crippen molar-refractivity contribution >= 4 is 55.8 Å². The lowest BCUT2D eigenvalue weighted by atomic mass is 10.1. The Morgan fingerprint density at radius 3 is 2.58 bits per heavy atom. The van der Waals surface area contributed by atoms with Crippen LogP contribution < -0.4 is 14.8 Å². The normalized spacial score (nSPS) is 14.2. The maximum atomic E-state index is 12.8. The number of furan rings is 1. The Labute approximate surface area is 223 Å². The van der Waals surface area contributed by atoms with E-state index in [-0.39, 0.29) is 23.8 Å². The van der Waals surface area contributed by atoms with Gasteiger partial charge in [-0.2, -0.15) is 0 Å². The number of hydrogen-bond acceptors (Lipinski definition) is 7. The first kappa shape index (κ1) is 25.5. The van der Waals surface area contributed by atoms with E-state index in [9.17, 15) is 14.4 Å². The van der Waals surface area contributed by atoms with Crippen molar-refractivity contribution < 1.29 is 33.0 Å². The summed E-state index contributed by atoms with van der Waals surface area (Å²) in [6.45, 7) is 0.180. The Morgan fingerprint density at radius 1 is 1.06 bits per heavy atom. The van der Waals surface area contributed by atoms with Crippen molar-refractivity contribution in [3.63, 3.8) is 0 Å². The highest BCUT2D eigenvalue weighted by Crippen LogP contribution is 2.31. The molecule has 2 heterocycles. The third-order valence-corrected chi connectivity index (χ3v) is 6.45. The summed E-state index contributed by atoms with van der Waals surface area (Å²) in [4.78, 5) is 37.8. The number of amides is 3. The summed E-state index contributed by atoms with van der Waals surface area (Å²) in [5, 5.41) is 2.56. The maximum absolute atomic E-state index is 12.8. The van der Waals surface area contributed by atoms with Crippen molar-refractivity contribution in [1.29, 1.82) is 0 Å². The van der Waals surface area contributed by atoms with Crippen molar-refractivity contribution in [2.75, 3.05) is 14.2 Å². The molecule has 0 aliphatic carbocycles. The minimum absolute atomic E-state index is 0.0165. The van der Waals surface area contributed by atoms with Crippen LogP contribution in [0.5, 0.6) is 11.5 Å². The second kappa shape index (κ2) is 11.0. The number of benzene rings is 2. The molecule has 1 saturated heterocycles. The number of urea groups is 1. The number of rotatable bonds is 8. The predicted molar refractivity (Wildman–Crippen MR) is 136 cm³/mol. The number of nitrogens with one attached hydrogen (secondary N) is 1. The second-order valence-electron chi connectivity index (χ2n) is 7.57. The molecule has 1 aromatic heterocycles. The van der Waals surface area contributed by atoms with Crippen LogP contribution >= 0.6 is 31.9 Å². The van der Waals surface area contributed by atoms with Gasteiger partial charge in [0.15, 0.2) is 11.5 Å². The molecule has 3 amide bonds. The van der Waals surface area contributed by atoms with E-state index in [0.717, 1.165) is 19.4 Å². The molecule has 4 rings (SSSR count). The van der Waals surface area contributed by atoms with E-state index in [1.165, 1.54) is 26.4 Å². The fraction of sp³-hybridized carbons (Fsp3) is 0.160. The van der Waals surface area contributed by atoms with E-state index in [1.54, 1.807) is 24.3 Å². The molecule has 186 valence electrons. The molecule has 9 nitrogen and oxygen atoms in total. The lowest BCUT2D eigenvalue weighted by Crippen LogP contribution is -2.30. The fourth-order valence-corrected chi connectivity index (χ4v) is 4.56. The number of carbonyl (C=O) groups is 3. The lowest BCUT2D eigenvalue weighted by molar-refractivity contribution is -0.123. The SMILES string of the molecule is COC(=O)c1ccc(CN2C(=O)N/C(=C\c3ccc(OCc4ccc(Br)cc4Br)c(OC)c3)C2=O)o1. The summed E-state index contributed by atoms with van der Waals surface area (Å²) in [5.41, 5.74) is 1.68. The van der Waals surface area contributed by atoms with Gasteiger partial charge in [-0.25, -0.2) is 9.59 Å². The Hall–Kier alpha value is -3.57. The van der Waals surface area contributed by atoms with Gasteiger partial charge in [0.05, 0.1) is 20.8 Å². The zero-order valence-corrected chi connectivity index (χ0v) is 22.3. The fourth-order valence-electron chi connectivity index (χ4n) is 3.40. The minimum atomic E-state index is -0.648. The topological polar surface area (TPSA) is 107 Å². The summed E-state index contributed by atoms with van der Waals surface area (Å²) in [7, 11) is 2.75. The summed E-state index contributed by atoms with van der Waals surface area (Å²) in [5.74, 6) is 0.0625. The first-order valence-corrected chi connectivity index (χ1v) is 12.1. The number of nitrogens with zero attached hydrogens (tertiary/aromatic N) is 1. The van der Waals surface area contributed by atoms with Crippen LogP contribution in [0.25, 0.3) is 6.08 Å². The van der Waals surface area contributed by atoms with Gasteiger partial charge in [-0.05, 0) is 48.0 Å². The molecule has 1 aliphatic heterocycles. The van der Waals surface area contributed by atoms with Gasteiger partial charge in [0.1, 0.15) is 18.1 Å². The van der Waals surface area contributed by atoms with E-state index in [0.29, 0.717) is 23.7 Å². The van der Waals surface area contributed by atoms with Crippen molar-refractivity contribution in [3.05, 3.63) is 85.8 Å². The van der Waals surface area contributed by atoms with Gasteiger partial charge in [-0.1, -0.05) is 44.0 Å². The molecular weight excluding hydrogens is 600 g/mol. The molecule has 3 aromatic rings. The van der Waals surface area contributed by atoms with Gasteiger partial charge in [0.2, 0.25) is 5.76 Å². The quantitative estimate of drug-likeness (QED) is 0.208. The van der Waals surface area contributed by atoms with E-state index < -0.39 is 17.9 Å². The minimum Gasteiger partial charge on any atom is -0.493 e. The van der Waals surface area contributed by atoms with Gasteiger partial charge in [-0.3, -0.25) is 9.69 Å². The Kier molecular flexibility index (Phi) is 7.80. The van der Waals surface area contributed by atoms with Gasteiger partial charge in [-0.15, -0.1) is 0 Å². The number of methoxy groups -OCH3 is 2. The van der Waals surface area contributed by atoms with Crippen LogP contribution in [-0.4, -0.2) is 37.0 Å². The molecule has 0 saturated carbocycles. The molecule has 0 bridgehead atoms. The lowest BCUT2D eigenvalue weighted by Gasteiger charge is -2.12. The highest BCUT2D eigenvalue weighted by molar-refractivity contribution is 9.11. The van der Waals surface area contributed by atoms with E-state index >= 15 is 0 Å². The smallest absolute Gasteiger partial charge is 0.373 e. The zero-order chi connectivity index (χ0) is 25.8. The summed E-state index contributed by atoms with van der Waals surface area (Å²) in [6.07, 6.45) is 1.54. The second-order valence-corrected chi connectivity index (χ2v) is 9.34. The Bertz CT molecular complexity index is 1370. The number of hydrogen-bond donors (Lipinski definition) is 1. The molecule has 0 radical (unpaired) electrons. The van der Waals surface area contributed by atoms with Crippen molar-refractivity contribution in [2.45, 2.75) is 13.2 Å². The van der Waals surface area contributed by atoms with E-state index in [2.05, 4.69) is 41.9 Å². The zero-order valence-electron chi connectivity index (χ0n) is 19.2. The number of ether oxygens (including phenoxy) is 3. The van der Waals surface area contributed by atoms with Crippen molar-refractivity contribution in [1.82, 2.24) is 10.2 Å². The number of esters is 1. The third-order valence-electron chi connectivity index (χ3n) is 5.22. The molecular formula is C25H20Br2N2O7. The third kappa shape index (κ3) is 5.63. The molecule has 0 spiro atoms. The number of imide groups is 1. The summed E-state index contributed by atoms with van der Waals surface area (Å²) >= 11 is 6.94. The summed E-state index contributed by atoms with van der Waals surface area (Å²) in [6, 6.07) is 13.3. The van der Waals surface area contributed by atoms with Crippen LogP contribution in [-0.2, 0) is 22.7 Å². The van der Waals surface area contributed by atoms with Gasteiger partial charge in [0.25, 0.3) is 5.91 Å². The molecule has 1 aliphatic rings. The molecule has 0 atom stereocenters. The largest absolute Gasteiger partial charge is 0.493 e. The highest BCUT2D eigenvalue weighted by atomic mass is 79.9. The van der Waals surface area contributed by atoms with Crippen molar-refractivity contribution in [3.8, 4) is 11.5 Å². The molecule has 1 fully saturated rings. The first-order valence-electron chi connectivity index (χ1n) is 10.6.